The van der Waals surface area contributed by atoms with Gasteiger partial charge in [0, 0.05) is 6.61 Å². The van der Waals surface area contributed by atoms with Crippen LogP contribution in [0.5, 0.6) is 0 Å². The molecule has 1 saturated carbocycles. The van der Waals surface area contributed by atoms with Gasteiger partial charge in [0.05, 0.1) is 23.5 Å². The fourth-order valence-electron chi connectivity index (χ4n) is 2.67. The summed E-state index contributed by atoms with van der Waals surface area (Å²) in [5.74, 6) is 0.779. The average Bonchev–Trinajstić information content (AvgIpc) is 3.03. The molecule has 3 nitrogen and oxygen atoms in total. The molecule has 0 radical (unpaired) electrons. The smallest absolute Gasteiger partial charge is 0.0804 e. The van der Waals surface area contributed by atoms with E-state index in [1.54, 1.807) is 0 Å². The van der Waals surface area contributed by atoms with Crippen molar-refractivity contribution in [3.8, 4) is 0 Å². The van der Waals surface area contributed by atoms with E-state index in [9.17, 15) is 0 Å². The number of benzene rings is 1. The number of nitrogen functional groups attached to an aromatic ring is 1. The minimum Gasteiger partial charge on any atom is -0.397 e. The maximum Gasteiger partial charge on any atom is 0.0804 e. The number of nitrogens with two attached hydrogens (primary N) is 1. The minimum absolute atomic E-state index is 0.399. The summed E-state index contributed by atoms with van der Waals surface area (Å²) in [5.41, 5.74) is 9.13. The van der Waals surface area contributed by atoms with E-state index in [4.69, 9.17) is 10.5 Å². The van der Waals surface area contributed by atoms with Gasteiger partial charge in [-0.2, -0.15) is 0 Å². The van der Waals surface area contributed by atoms with Crippen molar-refractivity contribution in [3.05, 3.63) is 23.8 Å². The zero-order valence-corrected chi connectivity index (χ0v) is 10.3. The SMILES string of the molecule is Cc1ccc(NC2CCOC2C2CC2)c(N)c1. The Hall–Kier alpha value is -1.22. The summed E-state index contributed by atoms with van der Waals surface area (Å²) in [7, 11) is 0. The molecule has 3 N–H and O–H groups in total. The zero-order valence-electron chi connectivity index (χ0n) is 10.3. The molecule has 1 aliphatic heterocycles. The topological polar surface area (TPSA) is 47.3 Å². The fourth-order valence-corrected chi connectivity index (χ4v) is 2.67. The van der Waals surface area contributed by atoms with Crippen molar-refractivity contribution >= 4 is 11.4 Å². The summed E-state index contributed by atoms with van der Waals surface area (Å²) < 4.78 is 5.82. The van der Waals surface area contributed by atoms with E-state index in [1.165, 1.54) is 18.4 Å². The molecule has 3 rings (SSSR count). The van der Waals surface area contributed by atoms with Crippen molar-refractivity contribution < 1.29 is 4.74 Å². The van der Waals surface area contributed by atoms with Gasteiger partial charge in [-0.25, -0.2) is 0 Å². The fraction of sp³-hybridized carbons (Fsp3) is 0.571. The van der Waals surface area contributed by atoms with E-state index >= 15 is 0 Å². The van der Waals surface area contributed by atoms with E-state index in [-0.39, 0.29) is 0 Å². The van der Waals surface area contributed by atoms with Gasteiger partial charge in [-0.1, -0.05) is 6.07 Å². The van der Waals surface area contributed by atoms with Gasteiger partial charge >= 0.3 is 0 Å². The minimum atomic E-state index is 0.399. The van der Waals surface area contributed by atoms with Crippen LogP contribution in [0.15, 0.2) is 18.2 Å². The van der Waals surface area contributed by atoms with Gasteiger partial charge in [0.2, 0.25) is 0 Å². The predicted octanol–water partition coefficient (Wildman–Crippen LogP) is 2.56. The largest absolute Gasteiger partial charge is 0.397 e. The maximum atomic E-state index is 6.03. The lowest BCUT2D eigenvalue weighted by Gasteiger charge is -2.21. The molecule has 92 valence electrons. The van der Waals surface area contributed by atoms with Crippen LogP contribution in [-0.4, -0.2) is 18.8 Å². The normalized spacial score (nSPS) is 28.3. The van der Waals surface area contributed by atoms with Gasteiger partial charge in [-0.3, -0.25) is 0 Å². The van der Waals surface area contributed by atoms with E-state index in [1.807, 2.05) is 6.07 Å². The standard InChI is InChI=1S/C14H20N2O/c1-9-2-5-12(11(15)8-9)16-13-6-7-17-14(13)10-3-4-10/h2,5,8,10,13-14,16H,3-4,6-7,15H2,1H3. The summed E-state index contributed by atoms with van der Waals surface area (Å²) in [6, 6.07) is 6.63. The Balaban J connectivity index is 1.72. The monoisotopic (exact) mass is 232 g/mol. The molecule has 3 heteroatoms. The van der Waals surface area contributed by atoms with Crippen LogP contribution in [-0.2, 0) is 4.74 Å². The Morgan fingerprint density at radius 3 is 2.82 bits per heavy atom. The van der Waals surface area contributed by atoms with E-state index in [0.717, 1.165) is 30.3 Å². The maximum absolute atomic E-state index is 6.03. The molecule has 0 aromatic heterocycles. The van der Waals surface area contributed by atoms with Gasteiger partial charge in [0.1, 0.15) is 0 Å². The third kappa shape index (κ3) is 2.25. The predicted molar refractivity (Wildman–Crippen MR) is 70.1 cm³/mol. The third-order valence-electron chi connectivity index (χ3n) is 3.77. The number of hydrogen-bond acceptors (Lipinski definition) is 3. The third-order valence-corrected chi connectivity index (χ3v) is 3.77. The Kier molecular flexibility index (Phi) is 2.71. The molecule has 2 atom stereocenters. The van der Waals surface area contributed by atoms with Crippen molar-refractivity contribution in [1.29, 1.82) is 0 Å². The number of aryl methyl sites for hydroxylation is 1. The molecule has 1 aromatic carbocycles. The van der Waals surface area contributed by atoms with Gasteiger partial charge in [-0.05, 0) is 49.8 Å². The molecular weight excluding hydrogens is 212 g/mol. The molecule has 0 amide bonds. The quantitative estimate of drug-likeness (QED) is 0.787. The lowest BCUT2D eigenvalue weighted by atomic mass is 10.1. The first kappa shape index (κ1) is 10.9. The molecule has 2 aliphatic rings. The molecule has 1 aromatic rings. The van der Waals surface area contributed by atoms with E-state index in [2.05, 4.69) is 24.4 Å². The van der Waals surface area contributed by atoms with Crippen LogP contribution in [0, 0.1) is 12.8 Å². The number of anilines is 2. The Bertz CT molecular complexity index is 415. The molecule has 0 bridgehead atoms. The lowest BCUT2D eigenvalue weighted by Crippen LogP contribution is -2.31. The van der Waals surface area contributed by atoms with Crippen LogP contribution < -0.4 is 11.1 Å². The first-order chi connectivity index (χ1) is 8.24. The highest BCUT2D eigenvalue weighted by Gasteiger charge is 2.40. The summed E-state index contributed by atoms with van der Waals surface area (Å²) in [6.07, 6.45) is 4.14. The van der Waals surface area contributed by atoms with E-state index < -0.39 is 0 Å². The summed E-state index contributed by atoms with van der Waals surface area (Å²) >= 11 is 0. The first-order valence-electron chi connectivity index (χ1n) is 6.48. The van der Waals surface area contributed by atoms with Gasteiger partial charge in [0.25, 0.3) is 0 Å². The highest BCUT2D eigenvalue weighted by molar-refractivity contribution is 5.67. The highest BCUT2D eigenvalue weighted by atomic mass is 16.5. The summed E-state index contributed by atoms with van der Waals surface area (Å²) in [4.78, 5) is 0. The van der Waals surface area contributed by atoms with Crippen molar-refractivity contribution in [2.75, 3.05) is 17.7 Å². The molecule has 1 saturated heterocycles. The molecule has 2 unspecified atom stereocenters. The van der Waals surface area contributed by atoms with Crippen molar-refractivity contribution in [3.63, 3.8) is 0 Å². The summed E-state index contributed by atoms with van der Waals surface area (Å²) in [6.45, 7) is 2.94. The van der Waals surface area contributed by atoms with Crippen LogP contribution in [0.3, 0.4) is 0 Å². The second kappa shape index (κ2) is 4.22. The van der Waals surface area contributed by atoms with E-state index in [0.29, 0.717) is 12.1 Å². The Morgan fingerprint density at radius 2 is 2.12 bits per heavy atom. The van der Waals surface area contributed by atoms with Crippen molar-refractivity contribution in [2.24, 2.45) is 5.92 Å². The Morgan fingerprint density at radius 1 is 1.29 bits per heavy atom. The second-order valence-corrected chi connectivity index (χ2v) is 5.30. The van der Waals surface area contributed by atoms with Crippen LogP contribution >= 0.6 is 0 Å². The van der Waals surface area contributed by atoms with Crippen molar-refractivity contribution in [2.45, 2.75) is 38.3 Å². The second-order valence-electron chi connectivity index (χ2n) is 5.30. The highest BCUT2D eigenvalue weighted by Crippen LogP contribution is 2.40. The molecule has 1 heterocycles. The first-order valence-corrected chi connectivity index (χ1v) is 6.48. The molecule has 1 aliphatic carbocycles. The molecule has 17 heavy (non-hydrogen) atoms. The summed E-state index contributed by atoms with van der Waals surface area (Å²) in [5, 5.41) is 3.56. The molecular formula is C14H20N2O. The van der Waals surface area contributed by atoms with Crippen molar-refractivity contribution in [1.82, 2.24) is 0 Å². The van der Waals surface area contributed by atoms with Crippen LogP contribution in [0.2, 0.25) is 0 Å². The number of nitrogens with one attached hydrogen (secondary N) is 1. The Labute approximate surface area is 102 Å². The lowest BCUT2D eigenvalue weighted by molar-refractivity contribution is 0.0898. The van der Waals surface area contributed by atoms with Crippen LogP contribution in [0.4, 0.5) is 11.4 Å². The number of ether oxygens (including phenoxy) is 1. The van der Waals surface area contributed by atoms with Crippen LogP contribution in [0.1, 0.15) is 24.8 Å². The van der Waals surface area contributed by atoms with Gasteiger partial charge < -0.3 is 15.8 Å². The van der Waals surface area contributed by atoms with Crippen LogP contribution in [0.25, 0.3) is 0 Å². The average molecular weight is 232 g/mol. The number of rotatable bonds is 3. The zero-order chi connectivity index (χ0) is 11.8. The molecule has 0 spiro atoms. The molecule has 2 fully saturated rings. The van der Waals surface area contributed by atoms with Gasteiger partial charge in [-0.15, -0.1) is 0 Å². The van der Waals surface area contributed by atoms with Gasteiger partial charge in [0.15, 0.2) is 0 Å². The number of hydrogen-bond donors (Lipinski definition) is 2.